The van der Waals surface area contributed by atoms with E-state index < -0.39 is 6.36 Å². The lowest BCUT2D eigenvalue weighted by atomic mass is 10.3. The van der Waals surface area contributed by atoms with Gasteiger partial charge in [0.15, 0.2) is 5.65 Å². The van der Waals surface area contributed by atoms with E-state index in [1.165, 1.54) is 30.6 Å². The van der Waals surface area contributed by atoms with Crippen LogP contribution in [0.15, 0.2) is 61.3 Å². The zero-order valence-corrected chi connectivity index (χ0v) is 14.3. The first-order valence-electron chi connectivity index (χ1n) is 8.16. The molecular weight excluding hydrogens is 373 g/mol. The molecule has 1 aromatic carbocycles. The first-order chi connectivity index (χ1) is 13.5. The number of fused-ring (bicyclic) bond motifs is 1. The fourth-order valence-corrected chi connectivity index (χ4v) is 2.62. The van der Waals surface area contributed by atoms with Crippen LogP contribution in [0.25, 0.3) is 11.0 Å². The number of rotatable bonds is 5. The third-order valence-electron chi connectivity index (χ3n) is 3.78. The molecule has 3 heterocycles. The maximum atomic E-state index is 12.3. The molecule has 7 nitrogen and oxygen atoms in total. The van der Waals surface area contributed by atoms with Crippen LogP contribution in [0.1, 0.15) is 5.56 Å². The van der Waals surface area contributed by atoms with Gasteiger partial charge in [0.2, 0.25) is 0 Å². The summed E-state index contributed by atoms with van der Waals surface area (Å²) >= 11 is 0. The predicted molar refractivity (Wildman–Crippen MR) is 95.1 cm³/mol. The second-order valence-electron chi connectivity index (χ2n) is 5.84. The zero-order chi connectivity index (χ0) is 19.6. The average molecular weight is 386 g/mol. The number of alkyl halides is 3. The van der Waals surface area contributed by atoms with Gasteiger partial charge in [-0.2, -0.15) is 5.10 Å². The summed E-state index contributed by atoms with van der Waals surface area (Å²) in [7, 11) is 0. The van der Waals surface area contributed by atoms with E-state index in [0.717, 1.165) is 5.56 Å². The highest BCUT2D eigenvalue weighted by molar-refractivity contribution is 5.87. The number of benzene rings is 1. The van der Waals surface area contributed by atoms with Gasteiger partial charge in [-0.25, -0.2) is 9.97 Å². The molecule has 0 aliphatic carbocycles. The molecule has 0 aliphatic rings. The summed E-state index contributed by atoms with van der Waals surface area (Å²) in [5.74, 6) is 0.196. The highest BCUT2D eigenvalue weighted by Crippen LogP contribution is 2.26. The first kappa shape index (κ1) is 17.7. The average Bonchev–Trinajstić information content (AvgIpc) is 3.06. The van der Waals surface area contributed by atoms with Gasteiger partial charge in [-0.05, 0) is 35.9 Å². The number of aromatic nitrogens is 5. The van der Waals surface area contributed by atoms with E-state index in [1.807, 2.05) is 12.1 Å². The lowest BCUT2D eigenvalue weighted by molar-refractivity contribution is -0.274. The van der Waals surface area contributed by atoms with Crippen LogP contribution in [0, 0.1) is 0 Å². The van der Waals surface area contributed by atoms with Gasteiger partial charge in [-0.3, -0.25) is 9.67 Å². The number of halogens is 3. The van der Waals surface area contributed by atoms with Gasteiger partial charge in [0.25, 0.3) is 0 Å². The van der Waals surface area contributed by atoms with Crippen molar-refractivity contribution in [3.8, 4) is 5.75 Å². The summed E-state index contributed by atoms with van der Waals surface area (Å²) in [6.07, 6.45) is 1.89. The van der Waals surface area contributed by atoms with Crippen molar-refractivity contribution >= 4 is 22.5 Å². The Hall–Kier alpha value is -3.69. The van der Waals surface area contributed by atoms with E-state index in [2.05, 4.69) is 30.1 Å². The number of hydrogen-bond donors (Lipinski definition) is 1. The van der Waals surface area contributed by atoms with Crippen LogP contribution in [0.4, 0.5) is 24.7 Å². The summed E-state index contributed by atoms with van der Waals surface area (Å²) in [5.41, 5.74) is 2.03. The molecule has 4 rings (SSSR count). The van der Waals surface area contributed by atoms with Crippen molar-refractivity contribution in [2.45, 2.75) is 12.9 Å². The Balaban J connectivity index is 1.55. The highest BCUT2D eigenvalue weighted by Gasteiger charge is 2.30. The molecule has 0 fully saturated rings. The smallest absolute Gasteiger partial charge is 0.406 e. The molecule has 142 valence electrons. The summed E-state index contributed by atoms with van der Waals surface area (Å²) in [4.78, 5) is 12.4. The Labute approximate surface area is 156 Å². The molecule has 0 bridgehead atoms. The predicted octanol–water partition coefficient (Wildman–Crippen LogP) is 3.91. The first-order valence-corrected chi connectivity index (χ1v) is 8.16. The topological polar surface area (TPSA) is 77.8 Å². The third-order valence-corrected chi connectivity index (χ3v) is 3.78. The van der Waals surface area contributed by atoms with Gasteiger partial charge in [0.05, 0.1) is 11.9 Å². The second kappa shape index (κ2) is 7.14. The van der Waals surface area contributed by atoms with Gasteiger partial charge in [0, 0.05) is 24.3 Å². The van der Waals surface area contributed by atoms with E-state index in [-0.39, 0.29) is 5.75 Å². The van der Waals surface area contributed by atoms with Crippen LogP contribution in [-0.4, -0.2) is 31.1 Å². The molecule has 1 N–H and O–H groups in total. The molecule has 0 saturated heterocycles. The molecule has 4 aromatic rings. The van der Waals surface area contributed by atoms with Crippen molar-refractivity contribution in [2.24, 2.45) is 0 Å². The van der Waals surface area contributed by atoms with Gasteiger partial charge in [0.1, 0.15) is 17.9 Å². The van der Waals surface area contributed by atoms with Gasteiger partial charge >= 0.3 is 6.36 Å². The summed E-state index contributed by atoms with van der Waals surface area (Å²) in [5, 5.41) is 8.16. The minimum Gasteiger partial charge on any atom is -0.406 e. The molecule has 0 spiro atoms. The monoisotopic (exact) mass is 386 g/mol. The lowest BCUT2D eigenvalue weighted by Gasteiger charge is -2.10. The number of hydrogen-bond acceptors (Lipinski definition) is 6. The Morgan fingerprint density at radius 1 is 1.07 bits per heavy atom. The molecule has 0 saturated carbocycles. The number of nitrogens with one attached hydrogen (secondary N) is 1. The zero-order valence-electron chi connectivity index (χ0n) is 14.3. The van der Waals surface area contributed by atoms with Crippen molar-refractivity contribution in [1.29, 1.82) is 0 Å². The van der Waals surface area contributed by atoms with Crippen molar-refractivity contribution in [3.05, 3.63) is 66.9 Å². The standard InChI is InChI=1S/C18H13F3N6O/c19-18(20,21)28-14-5-3-13(4-6-14)25-16-15-10-27(26-17(15)24-11-23-16)9-12-2-1-7-22-8-12/h1-8,10-11H,9H2,(H,23,24,25,26). The van der Waals surface area contributed by atoms with E-state index in [1.54, 1.807) is 23.3 Å². The quantitative estimate of drug-likeness (QED) is 0.560. The van der Waals surface area contributed by atoms with Crippen LogP contribution in [0.3, 0.4) is 0 Å². The third kappa shape index (κ3) is 4.17. The highest BCUT2D eigenvalue weighted by atomic mass is 19.4. The number of pyridine rings is 1. The maximum absolute atomic E-state index is 12.3. The molecule has 0 atom stereocenters. The Bertz CT molecular complexity index is 1080. The second-order valence-corrected chi connectivity index (χ2v) is 5.84. The Kier molecular flexibility index (Phi) is 4.52. The Morgan fingerprint density at radius 2 is 1.89 bits per heavy atom. The molecule has 0 amide bonds. The van der Waals surface area contributed by atoms with Crippen LogP contribution in [-0.2, 0) is 6.54 Å². The minimum absolute atomic E-state index is 0.296. The van der Waals surface area contributed by atoms with Crippen molar-refractivity contribution in [3.63, 3.8) is 0 Å². The fourth-order valence-electron chi connectivity index (χ4n) is 2.62. The largest absolute Gasteiger partial charge is 0.573 e. The Morgan fingerprint density at radius 3 is 2.61 bits per heavy atom. The van der Waals surface area contributed by atoms with Crippen LogP contribution in [0.5, 0.6) is 5.75 Å². The summed E-state index contributed by atoms with van der Waals surface area (Å²) < 4.78 is 42.4. The lowest BCUT2D eigenvalue weighted by Crippen LogP contribution is -2.16. The molecule has 28 heavy (non-hydrogen) atoms. The van der Waals surface area contributed by atoms with Gasteiger partial charge in [-0.15, -0.1) is 13.2 Å². The number of nitrogens with zero attached hydrogens (tertiary/aromatic N) is 5. The molecule has 0 radical (unpaired) electrons. The molecule has 3 aromatic heterocycles. The molecule has 10 heteroatoms. The van der Waals surface area contributed by atoms with Crippen LogP contribution < -0.4 is 10.1 Å². The molecule has 0 unspecified atom stereocenters. The minimum atomic E-state index is -4.73. The number of anilines is 2. The van der Waals surface area contributed by atoms with Crippen molar-refractivity contribution < 1.29 is 17.9 Å². The van der Waals surface area contributed by atoms with Crippen molar-refractivity contribution in [2.75, 3.05) is 5.32 Å². The maximum Gasteiger partial charge on any atom is 0.573 e. The number of ether oxygens (including phenoxy) is 1. The van der Waals surface area contributed by atoms with Crippen LogP contribution in [0.2, 0.25) is 0 Å². The fraction of sp³-hybridized carbons (Fsp3) is 0.111. The normalized spacial score (nSPS) is 11.5. The SMILES string of the molecule is FC(F)(F)Oc1ccc(Nc2ncnc3nn(Cc4cccnc4)cc23)cc1. The van der Waals surface area contributed by atoms with E-state index in [9.17, 15) is 13.2 Å². The van der Waals surface area contributed by atoms with Gasteiger partial charge < -0.3 is 10.1 Å². The van der Waals surface area contributed by atoms with E-state index in [0.29, 0.717) is 29.1 Å². The molecule has 0 aliphatic heterocycles. The summed E-state index contributed by atoms with van der Waals surface area (Å²) in [6.45, 7) is 0.521. The van der Waals surface area contributed by atoms with E-state index in [4.69, 9.17) is 0 Å². The molecular formula is C18H13F3N6O. The van der Waals surface area contributed by atoms with Crippen molar-refractivity contribution in [1.82, 2.24) is 24.7 Å². The summed E-state index contributed by atoms with van der Waals surface area (Å²) in [6, 6.07) is 9.16. The van der Waals surface area contributed by atoms with Gasteiger partial charge in [-0.1, -0.05) is 6.07 Å². The van der Waals surface area contributed by atoms with E-state index >= 15 is 0 Å². The van der Waals surface area contributed by atoms with Crippen LogP contribution >= 0.6 is 0 Å².